The van der Waals surface area contributed by atoms with Crippen LogP contribution in [0.25, 0.3) is 22.6 Å². The maximum atomic E-state index is 13.0. The van der Waals surface area contributed by atoms with Gasteiger partial charge < -0.3 is 4.74 Å². The lowest BCUT2D eigenvalue weighted by Gasteiger charge is -2.15. The molecule has 0 aliphatic rings. The van der Waals surface area contributed by atoms with E-state index < -0.39 is 5.97 Å². The van der Waals surface area contributed by atoms with E-state index in [1.807, 2.05) is 91.0 Å². The number of rotatable bonds is 6. The van der Waals surface area contributed by atoms with Crippen LogP contribution in [-0.4, -0.2) is 22.5 Å². The van der Waals surface area contributed by atoms with E-state index in [4.69, 9.17) is 14.7 Å². The van der Waals surface area contributed by atoms with Gasteiger partial charge >= 0.3 is 5.97 Å². The Kier molecular flexibility index (Phi) is 6.20. The molecule has 5 heteroatoms. The summed E-state index contributed by atoms with van der Waals surface area (Å²) in [5.74, 6) is 0.148. The van der Waals surface area contributed by atoms with Crippen LogP contribution in [0.15, 0.2) is 101 Å². The summed E-state index contributed by atoms with van der Waals surface area (Å²) in [6.07, 6.45) is 0. The van der Waals surface area contributed by atoms with Crippen LogP contribution in [0.3, 0.4) is 0 Å². The Morgan fingerprint density at radius 3 is 1.97 bits per heavy atom. The van der Waals surface area contributed by atoms with Gasteiger partial charge in [-0.15, -0.1) is 0 Å². The topological polar surface area (TPSA) is 52.1 Å². The largest absolute Gasteiger partial charge is 0.462 e. The van der Waals surface area contributed by atoms with E-state index in [2.05, 4.69) is 0 Å². The molecule has 4 aromatic rings. The van der Waals surface area contributed by atoms with Gasteiger partial charge in [-0.1, -0.05) is 90.6 Å². The summed E-state index contributed by atoms with van der Waals surface area (Å²) < 4.78 is 5.38. The Morgan fingerprint density at radius 1 is 0.800 bits per heavy atom. The van der Waals surface area contributed by atoms with Crippen molar-refractivity contribution in [1.29, 1.82) is 0 Å². The van der Waals surface area contributed by atoms with Crippen LogP contribution < -0.4 is 0 Å². The number of ether oxygens (including phenoxy) is 1. The van der Waals surface area contributed by atoms with Gasteiger partial charge in [-0.25, -0.2) is 14.8 Å². The number of nitrogens with zero attached hydrogens (tertiary/aromatic N) is 2. The first-order valence-electron chi connectivity index (χ1n) is 9.69. The fraction of sp³-hybridized carbons (Fsp3) is 0.0800. The molecular formula is C25H20N2O2S. The van der Waals surface area contributed by atoms with E-state index in [9.17, 15) is 4.79 Å². The van der Waals surface area contributed by atoms with Gasteiger partial charge in [0.2, 0.25) is 0 Å². The summed E-state index contributed by atoms with van der Waals surface area (Å²) in [6, 6.07) is 29.3. The molecule has 0 atom stereocenters. The fourth-order valence-electron chi connectivity index (χ4n) is 3.02. The van der Waals surface area contributed by atoms with Gasteiger partial charge in [0.1, 0.15) is 10.6 Å². The summed E-state index contributed by atoms with van der Waals surface area (Å²) in [7, 11) is 0. The first-order valence-corrected chi connectivity index (χ1v) is 10.5. The van der Waals surface area contributed by atoms with Gasteiger partial charge in [0, 0.05) is 16.0 Å². The normalized spacial score (nSPS) is 10.6. The Morgan fingerprint density at radius 2 is 1.37 bits per heavy atom. The van der Waals surface area contributed by atoms with Gasteiger partial charge in [0.05, 0.1) is 12.3 Å². The minimum atomic E-state index is -0.422. The Hall–Kier alpha value is -3.44. The second kappa shape index (κ2) is 9.37. The molecule has 0 unspecified atom stereocenters. The van der Waals surface area contributed by atoms with Gasteiger partial charge in [0.25, 0.3) is 0 Å². The van der Waals surface area contributed by atoms with Crippen molar-refractivity contribution in [1.82, 2.24) is 9.97 Å². The molecule has 148 valence electrons. The Bertz CT molecular complexity index is 1130. The van der Waals surface area contributed by atoms with E-state index >= 15 is 0 Å². The lowest BCUT2D eigenvalue weighted by molar-refractivity contribution is 0.0522. The van der Waals surface area contributed by atoms with Crippen molar-refractivity contribution in [2.75, 3.05) is 6.61 Å². The molecule has 0 radical (unpaired) electrons. The smallest absolute Gasteiger partial charge is 0.343 e. The summed E-state index contributed by atoms with van der Waals surface area (Å²) in [5.41, 5.74) is 2.69. The minimum Gasteiger partial charge on any atom is -0.462 e. The zero-order valence-corrected chi connectivity index (χ0v) is 17.3. The highest BCUT2D eigenvalue weighted by molar-refractivity contribution is 7.99. The third-order valence-corrected chi connectivity index (χ3v) is 5.39. The van der Waals surface area contributed by atoms with Crippen LogP contribution >= 0.6 is 11.8 Å². The van der Waals surface area contributed by atoms with Crippen molar-refractivity contribution in [3.05, 3.63) is 96.6 Å². The van der Waals surface area contributed by atoms with Crippen molar-refractivity contribution in [3.63, 3.8) is 0 Å². The monoisotopic (exact) mass is 412 g/mol. The Balaban J connectivity index is 1.96. The lowest BCUT2D eigenvalue weighted by Crippen LogP contribution is -2.12. The maximum absolute atomic E-state index is 13.0. The third kappa shape index (κ3) is 4.42. The molecule has 0 N–H and O–H groups in total. The van der Waals surface area contributed by atoms with Crippen molar-refractivity contribution < 1.29 is 9.53 Å². The molecule has 0 saturated carbocycles. The van der Waals surface area contributed by atoms with E-state index in [-0.39, 0.29) is 6.61 Å². The predicted octanol–water partition coefficient (Wildman–Crippen LogP) is 6.14. The summed E-state index contributed by atoms with van der Waals surface area (Å²) in [6.45, 7) is 2.08. The lowest BCUT2D eigenvalue weighted by atomic mass is 10.1. The fourth-order valence-corrected chi connectivity index (χ4v) is 3.95. The number of hydrogen-bond donors (Lipinski definition) is 0. The molecule has 30 heavy (non-hydrogen) atoms. The molecule has 0 amide bonds. The molecule has 1 heterocycles. The van der Waals surface area contributed by atoms with E-state index in [0.717, 1.165) is 16.0 Å². The van der Waals surface area contributed by atoms with Crippen molar-refractivity contribution in [3.8, 4) is 22.6 Å². The molecular weight excluding hydrogens is 392 g/mol. The highest BCUT2D eigenvalue weighted by Crippen LogP contribution is 2.36. The highest BCUT2D eigenvalue weighted by atomic mass is 32.2. The van der Waals surface area contributed by atoms with E-state index in [1.165, 1.54) is 11.8 Å². The van der Waals surface area contributed by atoms with Gasteiger partial charge in [-0.05, 0) is 19.1 Å². The molecule has 0 aliphatic carbocycles. The number of hydrogen-bond acceptors (Lipinski definition) is 5. The van der Waals surface area contributed by atoms with E-state index in [1.54, 1.807) is 6.92 Å². The molecule has 0 bridgehead atoms. The van der Waals surface area contributed by atoms with Crippen LogP contribution in [0, 0.1) is 0 Å². The molecule has 0 spiro atoms. The molecule has 0 aliphatic heterocycles. The maximum Gasteiger partial charge on any atom is 0.343 e. The van der Waals surface area contributed by atoms with E-state index in [0.29, 0.717) is 22.1 Å². The first-order chi connectivity index (χ1) is 14.8. The molecule has 0 fully saturated rings. The number of carbonyl (C=O) groups is 1. The average molecular weight is 413 g/mol. The molecule has 1 aromatic heterocycles. The summed E-state index contributed by atoms with van der Waals surface area (Å²) in [4.78, 5) is 23.5. The molecule has 3 aromatic carbocycles. The third-order valence-electron chi connectivity index (χ3n) is 4.39. The van der Waals surface area contributed by atoms with Crippen LogP contribution in [0.4, 0.5) is 0 Å². The minimum absolute atomic E-state index is 0.281. The van der Waals surface area contributed by atoms with Crippen LogP contribution in [0.5, 0.6) is 0 Å². The molecule has 0 saturated heterocycles. The highest BCUT2D eigenvalue weighted by Gasteiger charge is 2.24. The van der Waals surface area contributed by atoms with Crippen LogP contribution in [0.1, 0.15) is 17.3 Å². The predicted molar refractivity (Wildman–Crippen MR) is 119 cm³/mol. The zero-order valence-electron chi connectivity index (χ0n) is 16.5. The number of esters is 1. The number of aromatic nitrogens is 2. The van der Waals surface area contributed by atoms with Gasteiger partial charge in [-0.2, -0.15) is 0 Å². The Labute approximate surface area is 180 Å². The van der Waals surface area contributed by atoms with Crippen molar-refractivity contribution >= 4 is 17.7 Å². The SMILES string of the molecule is CCOC(=O)c1c(Sc2ccccc2)nc(-c2ccccc2)nc1-c1ccccc1. The van der Waals surface area contributed by atoms with Crippen molar-refractivity contribution in [2.24, 2.45) is 0 Å². The second-order valence-electron chi connectivity index (χ2n) is 6.44. The van der Waals surface area contributed by atoms with Crippen LogP contribution in [0.2, 0.25) is 0 Å². The van der Waals surface area contributed by atoms with Gasteiger partial charge in [-0.3, -0.25) is 0 Å². The molecule has 4 rings (SSSR count). The standard InChI is InChI=1S/C25H20N2O2S/c1-2-29-25(28)21-22(18-12-6-3-7-13-18)26-23(19-14-8-4-9-15-19)27-24(21)30-20-16-10-5-11-17-20/h3-17H,2H2,1H3. The summed E-state index contributed by atoms with van der Waals surface area (Å²) >= 11 is 1.43. The number of benzene rings is 3. The van der Waals surface area contributed by atoms with Crippen molar-refractivity contribution in [2.45, 2.75) is 16.8 Å². The molecule has 4 nitrogen and oxygen atoms in total. The van der Waals surface area contributed by atoms with Gasteiger partial charge in [0.15, 0.2) is 5.82 Å². The zero-order chi connectivity index (χ0) is 20.8. The summed E-state index contributed by atoms with van der Waals surface area (Å²) in [5, 5.41) is 0.576. The average Bonchev–Trinajstić information content (AvgIpc) is 2.80. The first kappa shape index (κ1) is 19.9. The quantitative estimate of drug-likeness (QED) is 0.281. The number of carbonyl (C=O) groups excluding carboxylic acids is 1. The van der Waals surface area contributed by atoms with Crippen LogP contribution in [-0.2, 0) is 4.74 Å². The second-order valence-corrected chi connectivity index (χ2v) is 7.51.